The van der Waals surface area contributed by atoms with Crippen molar-refractivity contribution in [3.63, 3.8) is 0 Å². The lowest BCUT2D eigenvalue weighted by Gasteiger charge is -2.19. The fourth-order valence-corrected chi connectivity index (χ4v) is 2.37. The summed E-state index contributed by atoms with van der Waals surface area (Å²) in [5.41, 5.74) is 1.37. The van der Waals surface area contributed by atoms with E-state index < -0.39 is 23.4 Å². The van der Waals surface area contributed by atoms with E-state index >= 15 is 0 Å². The molecule has 0 aliphatic rings. The van der Waals surface area contributed by atoms with Crippen molar-refractivity contribution < 1.29 is 19.1 Å². The van der Waals surface area contributed by atoms with E-state index in [0.29, 0.717) is 26.2 Å². The first-order valence-corrected chi connectivity index (χ1v) is 10.4. The first-order chi connectivity index (χ1) is 13.9. The average molecular weight is 423 g/mol. The van der Waals surface area contributed by atoms with Gasteiger partial charge < -0.3 is 30.7 Å². The number of hydrogen-bond acceptors (Lipinski definition) is 6. The summed E-state index contributed by atoms with van der Waals surface area (Å²) < 4.78 is 10.4. The van der Waals surface area contributed by atoms with Crippen molar-refractivity contribution >= 4 is 12.2 Å². The Morgan fingerprint density at radius 3 is 1.30 bits per heavy atom. The Morgan fingerprint density at radius 1 is 0.667 bits per heavy atom. The summed E-state index contributed by atoms with van der Waals surface area (Å²) in [4.78, 5) is 23.1. The van der Waals surface area contributed by atoms with Crippen molar-refractivity contribution in [3.05, 3.63) is 35.4 Å². The van der Waals surface area contributed by atoms with Crippen molar-refractivity contribution in [2.24, 2.45) is 0 Å². The largest absolute Gasteiger partial charge is 0.444 e. The van der Waals surface area contributed by atoms with Crippen LogP contribution < -0.4 is 21.3 Å². The Hall–Kier alpha value is -2.32. The van der Waals surface area contributed by atoms with Crippen LogP contribution in [0.1, 0.15) is 52.7 Å². The van der Waals surface area contributed by atoms with E-state index in [-0.39, 0.29) is 0 Å². The van der Waals surface area contributed by atoms with Crippen LogP contribution in [0.25, 0.3) is 0 Å². The third-order valence-electron chi connectivity index (χ3n) is 3.62. The van der Waals surface area contributed by atoms with E-state index in [1.165, 1.54) is 11.1 Å². The average Bonchev–Trinajstić information content (AvgIpc) is 2.59. The van der Waals surface area contributed by atoms with Crippen LogP contribution in [0.4, 0.5) is 9.59 Å². The number of ether oxygens (including phenoxy) is 2. The van der Waals surface area contributed by atoms with Crippen LogP contribution >= 0.6 is 0 Å². The molecule has 0 saturated heterocycles. The maximum atomic E-state index is 11.6. The molecule has 0 heterocycles. The summed E-state index contributed by atoms with van der Waals surface area (Å²) in [5.74, 6) is 0. The molecule has 1 aromatic rings. The zero-order valence-electron chi connectivity index (χ0n) is 19.2. The highest BCUT2D eigenvalue weighted by molar-refractivity contribution is 5.67. The Bertz CT molecular complexity index is 592. The first-order valence-electron chi connectivity index (χ1n) is 10.4. The number of carbonyl (C=O) groups excluding carboxylic acids is 2. The van der Waals surface area contributed by atoms with Gasteiger partial charge in [0.15, 0.2) is 0 Å². The van der Waals surface area contributed by atoms with Gasteiger partial charge in [-0.2, -0.15) is 0 Å². The molecule has 0 aliphatic carbocycles. The smallest absolute Gasteiger partial charge is 0.407 e. The Labute approximate surface area is 180 Å². The second-order valence-electron chi connectivity index (χ2n) is 9.03. The number of amides is 2. The monoisotopic (exact) mass is 422 g/mol. The molecule has 0 atom stereocenters. The number of alkyl carbamates (subject to hydrolysis) is 2. The minimum atomic E-state index is -0.483. The Kier molecular flexibility index (Phi) is 10.6. The van der Waals surface area contributed by atoms with Crippen molar-refractivity contribution in [1.29, 1.82) is 0 Å². The molecule has 4 N–H and O–H groups in total. The van der Waals surface area contributed by atoms with Gasteiger partial charge in [0.1, 0.15) is 11.2 Å². The molecule has 0 radical (unpaired) electrons. The Balaban J connectivity index is 2.13. The third-order valence-corrected chi connectivity index (χ3v) is 3.62. The summed E-state index contributed by atoms with van der Waals surface area (Å²) in [6.45, 7) is 14.8. The summed E-state index contributed by atoms with van der Waals surface area (Å²) >= 11 is 0. The molecule has 8 heteroatoms. The summed E-state index contributed by atoms with van der Waals surface area (Å²) in [6.07, 6.45) is -0.801. The quantitative estimate of drug-likeness (QED) is 0.433. The van der Waals surface area contributed by atoms with Gasteiger partial charge in [-0.25, -0.2) is 9.59 Å². The molecule has 1 aromatic carbocycles. The molecule has 0 saturated carbocycles. The van der Waals surface area contributed by atoms with Gasteiger partial charge in [0.25, 0.3) is 0 Å². The van der Waals surface area contributed by atoms with E-state index in [0.717, 1.165) is 13.1 Å². The second-order valence-corrected chi connectivity index (χ2v) is 9.03. The molecule has 8 nitrogen and oxygen atoms in total. The zero-order chi connectivity index (χ0) is 22.6. The minimum Gasteiger partial charge on any atom is -0.444 e. The molecular weight excluding hydrogens is 384 g/mol. The van der Waals surface area contributed by atoms with Gasteiger partial charge in [-0.05, 0) is 52.7 Å². The molecule has 0 spiro atoms. The summed E-state index contributed by atoms with van der Waals surface area (Å²) in [7, 11) is 0. The molecule has 0 aliphatic heterocycles. The number of carbonyl (C=O) groups is 2. The molecule has 0 unspecified atom stereocenters. The molecule has 170 valence electrons. The zero-order valence-corrected chi connectivity index (χ0v) is 19.2. The molecule has 0 fully saturated rings. The van der Waals surface area contributed by atoms with E-state index in [4.69, 9.17) is 9.47 Å². The van der Waals surface area contributed by atoms with Gasteiger partial charge in [-0.15, -0.1) is 0 Å². The number of hydrogen-bond donors (Lipinski definition) is 4. The highest BCUT2D eigenvalue weighted by Gasteiger charge is 2.16. The van der Waals surface area contributed by atoms with Crippen molar-refractivity contribution in [2.45, 2.75) is 65.8 Å². The fraction of sp³-hybridized carbons (Fsp3) is 0.636. The van der Waals surface area contributed by atoms with Crippen LogP contribution in [0.5, 0.6) is 0 Å². The topological polar surface area (TPSA) is 101 Å². The van der Waals surface area contributed by atoms with Gasteiger partial charge in [0, 0.05) is 39.3 Å². The van der Waals surface area contributed by atoms with E-state index in [9.17, 15) is 9.59 Å². The molecule has 0 bridgehead atoms. The number of benzene rings is 1. The molecule has 0 aromatic heterocycles. The van der Waals surface area contributed by atoms with Gasteiger partial charge in [0.05, 0.1) is 0 Å². The third kappa shape index (κ3) is 13.8. The highest BCUT2D eigenvalue weighted by Crippen LogP contribution is 2.07. The number of nitrogens with one attached hydrogen (secondary N) is 4. The van der Waals surface area contributed by atoms with Crippen LogP contribution in [0, 0.1) is 0 Å². The van der Waals surface area contributed by atoms with Crippen molar-refractivity contribution in [1.82, 2.24) is 21.3 Å². The van der Waals surface area contributed by atoms with Crippen LogP contribution in [-0.4, -0.2) is 49.6 Å². The van der Waals surface area contributed by atoms with Gasteiger partial charge >= 0.3 is 12.2 Å². The predicted octanol–water partition coefficient (Wildman–Crippen LogP) is 2.92. The van der Waals surface area contributed by atoms with Crippen molar-refractivity contribution in [3.8, 4) is 0 Å². The number of rotatable bonds is 10. The first kappa shape index (κ1) is 25.7. The highest BCUT2D eigenvalue weighted by atomic mass is 16.6. The van der Waals surface area contributed by atoms with Crippen LogP contribution in [-0.2, 0) is 22.6 Å². The van der Waals surface area contributed by atoms with Gasteiger partial charge in [0.2, 0.25) is 0 Å². The van der Waals surface area contributed by atoms with Crippen LogP contribution in [0.2, 0.25) is 0 Å². The van der Waals surface area contributed by atoms with Crippen molar-refractivity contribution in [2.75, 3.05) is 26.2 Å². The van der Waals surface area contributed by atoms with E-state index in [1.54, 1.807) is 0 Å². The van der Waals surface area contributed by atoms with Gasteiger partial charge in [-0.3, -0.25) is 0 Å². The summed E-state index contributed by atoms with van der Waals surface area (Å²) in [5, 5.41) is 12.0. The molecule has 30 heavy (non-hydrogen) atoms. The maximum Gasteiger partial charge on any atom is 0.407 e. The van der Waals surface area contributed by atoms with E-state index in [1.807, 2.05) is 41.5 Å². The fourth-order valence-electron chi connectivity index (χ4n) is 2.37. The maximum absolute atomic E-state index is 11.6. The second kappa shape index (κ2) is 12.4. The lowest BCUT2D eigenvalue weighted by molar-refractivity contribution is 0.0516. The predicted molar refractivity (Wildman–Crippen MR) is 118 cm³/mol. The molecular formula is C22H38N4O4. The van der Waals surface area contributed by atoms with Gasteiger partial charge in [-0.1, -0.05) is 24.3 Å². The Morgan fingerprint density at radius 2 is 1.00 bits per heavy atom. The minimum absolute atomic E-state index is 0.401. The molecule has 2 amide bonds. The lowest BCUT2D eigenvalue weighted by Crippen LogP contribution is -2.36. The van der Waals surface area contributed by atoms with Crippen LogP contribution in [0.15, 0.2) is 24.3 Å². The standard InChI is InChI=1S/C22H38N4O4/c1-21(2,3)29-19(27)25-13-11-23-15-17-7-9-18(10-8-17)16-24-12-14-26-20(28)30-22(4,5)6/h7-10,23-24H,11-16H2,1-6H3,(H,25,27)(H,26,28). The summed E-state index contributed by atoms with van der Waals surface area (Å²) in [6, 6.07) is 8.29. The normalized spacial score (nSPS) is 11.7. The van der Waals surface area contributed by atoms with Crippen LogP contribution in [0.3, 0.4) is 0 Å². The van der Waals surface area contributed by atoms with E-state index in [2.05, 4.69) is 45.5 Å². The SMILES string of the molecule is CC(C)(C)OC(=O)NCCNCc1ccc(CNCCNC(=O)OC(C)(C)C)cc1. The lowest BCUT2D eigenvalue weighted by atomic mass is 10.1. The molecule has 1 rings (SSSR count).